The van der Waals surface area contributed by atoms with Crippen molar-refractivity contribution in [3.8, 4) is 0 Å². The molecule has 2 saturated carbocycles. The number of ether oxygens (including phenoxy) is 4. The molecule has 7 atom stereocenters. The number of hydrogen-bond donors (Lipinski definition) is 0. The number of epoxide rings is 2. The Morgan fingerprint density at radius 2 is 1.54 bits per heavy atom. The lowest BCUT2D eigenvalue weighted by atomic mass is 9.83. The zero-order chi connectivity index (χ0) is 18.5. The van der Waals surface area contributed by atoms with E-state index >= 15 is 0 Å². The van der Waals surface area contributed by atoms with Gasteiger partial charge in [0.25, 0.3) is 0 Å². The highest BCUT2D eigenvalue weighted by Gasteiger charge is 2.57. The van der Waals surface area contributed by atoms with Crippen molar-refractivity contribution in [1.82, 2.24) is 0 Å². The van der Waals surface area contributed by atoms with E-state index in [2.05, 4.69) is 13.8 Å². The van der Waals surface area contributed by atoms with E-state index in [1.165, 1.54) is 0 Å². The summed E-state index contributed by atoms with van der Waals surface area (Å²) < 4.78 is 22.2. The van der Waals surface area contributed by atoms with Crippen molar-refractivity contribution in [2.45, 2.75) is 95.2 Å². The molecule has 2 aliphatic heterocycles. The summed E-state index contributed by atoms with van der Waals surface area (Å²) in [4.78, 5) is 24.5. The van der Waals surface area contributed by atoms with Crippen LogP contribution < -0.4 is 0 Å². The van der Waals surface area contributed by atoms with Crippen molar-refractivity contribution in [1.29, 1.82) is 0 Å². The second-order valence-corrected chi connectivity index (χ2v) is 8.98. The zero-order valence-corrected chi connectivity index (χ0v) is 16.0. The molecule has 6 heteroatoms. The summed E-state index contributed by atoms with van der Waals surface area (Å²) in [6.45, 7) is 6.37. The summed E-state index contributed by atoms with van der Waals surface area (Å²) in [6, 6.07) is 0. The predicted octanol–water partition coefficient (Wildman–Crippen LogP) is 2.77. The average Bonchev–Trinajstić information content (AvgIpc) is 3.45. The minimum Gasteiger partial charge on any atom is -0.465 e. The Morgan fingerprint density at radius 3 is 2.08 bits per heavy atom. The van der Waals surface area contributed by atoms with Gasteiger partial charge in [-0.25, -0.2) is 0 Å². The van der Waals surface area contributed by atoms with E-state index in [1.54, 1.807) is 0 Å². The van der Waals surface area contributed by atoms with Crippen LogP contribution in [-0.2, 0) is 28.5 Å². The van der Waals surface area contributed by atoms with E-state index in [0.717, 1.165) is 38.5 Å². The summed E-state index contributed by atoms with van der Waals surface area (Å²) in [5.41, 5.74) is 0.0280. The summed E-state index contributed by atoms with van der Waals surface area (Å²) in [6.07, 6.45) is 5.78. The highest BCUT2D eigenvalue weighted by molar-refractivity contribution is 5.73. The quantitative estimate of drug-likeness (QED) is 0.531. The normalized spacial score (nSPS) is 44.3. The molecule has 0 N–H and O–H groups in total. The molecule has 0 aromatic carbocycles. The van der Waals surface area contributed by atoms with Crippen molar-refractivity contribution in [3.05, 3.63) is 0 Å². The van der Waals surface area contributed by atoms with Crippen LogP contribution in [0, 0.1) is 11.8 Å². The van der Waals surface area contributed by atoms with E-state index in [9.17, 15) is 9.59 Å². The van der Waals surface area contributed by atoms with Gasteiger partial charge < -0.3 is 18.9 Å². The summed E-state index contributed by atoms with van der Waals surface area (Å²) in [5.74, 6) is -0.392. The molecule has 0 aromatic heterocycles. The molecule has 0 amide bonds. The largest absolute Gasteiger partial charge is 0.465 e. The number of esters is 2. The Hall–Kier alpha value is -1.14. The SMILES string of the molecule is CC(CCOC(=O)C1CCC2(C)O[C@H]2C1)OC(=O)C1CCC2(C)OC2C1. The standard InChI is InChI=1S/C20H30O6/c1-12(24-18(22)14-5-8-20(3)16(11-14)26-20)6-9-23-17(21)13-4-7-19(2)15(10-13)25-19/h12-16H,4-11H2,1-3H3/t12?,13?,14?,15-,16?,19?,20?/m0/s1. The van der Waals surface area contributed by atoms with Gasteiger partial charge >= 0.3 is 11.9 Å². The first-order valence-corrected chi connectivity index (χ1v) is 10.0. The molecule has 6 nitrogen and oxygen atoms in total. The molecule has 4 fully saturated rings. The average molecular weight is 366 g/mol. The molecule has 0 aromatic rings. The second-order valence-electron chi connectivity index (χ2n) is 8.98. The molecule has 146 valence electrons. The van der Waals surface area contributed by atoms with E-state index in [0.29, 0.717) is 13.0 Å². The zero-order valence-electron chi connectivity index (χ0n) is 16.0. The van der Waals surface area contributed by atoms with Gasteiger partial charge in [0, 0.05) is 6.42 Å². The highest BCUT2D eigenvalue weighted by atomic mass is 16.6. The first-order chi connectivity index (χ1) is 12.3. The minimum atomic E-state index is -0.245. The molecule has 2 aliphatic carbocycles. The molecule has 2 heterocycles. The predicted molar refractivity (Wildman–Crippen MR) is 92.4 cm³/mol. The Balaban J connectivity index is 1.12. The first-order valence-electron chi connectivity index (χ1n) is 10.0. The number of fused-ring (bicyclic) bond motifs is 2. The van der Waals surface area contributed by atoms with Crippen LogP contribution >= 0.6 is 0 Å². The third kappa shape index (κ3) is 3.63. The van der Waals surface area contributed by atoms with Gasteiger partial charge in [-0.05, 0) is 59.3 Å². The van der Waals surface area contributed by atoms with Gasteiger partial charge in [0.2, 0.25) is 0 Å². The fourth-order valence-corrected chi connectivity index (χ4v) is 4.52. The summed E-state index contributed by atoms with van der Waals surface area (Å²) >= 11 is 0. The van der Waals surface area contributed by atoms with E-state index in [1.807, 2.05) is 6.92 Å². The van der Waals surface area contributed by atoms with Crippen molar-refractivity contribution >= 4 is 11.9 Å². The Bertz CT molecular complexity index is 591. The van der Waals surface area contributed by atoms with Gasteiger partial charge in [-0.15, -0.1) is 0 Å². The van der Waals surface area contributed by atoms with Gasteiger partial charge in [-0.3, -0.25) is 9.59 Å². The molecule has 4 rings (SSSR count). The van der Waals surface area contributed by atoms with Crippen molar-refractivity contribution in [2.75, 3.05) is 6.61 Å². The van der Waals surface area contributed by atoms with E-state index in [-0.39, 0.29) is 53.3 Å². The van der Waals surface area contributed by atoms with Crippen molar-refractivity contribution < 1.29 is 28.5 Å². The number of carbonyl (C=O) groups excluding carboxylic acids is 2. The molecule has 6 unspecified atom stereocenters. The van der Waals surface area contributed by atoms with Gasteiger partial charge in [0.1, 0.15) is 6.10 Å². The van der Waals surface area contributed by atoms with Crippen molar-refractivity contribution in [3.63, 3.8) is 0 Å². The van der Waals surface area contributed by atoms with Crippen LogP contribution in [-0.4, -0.2) is 48.1 Å². The van der Waals surface area contributed by atoms with E-state index in [4.69, 9.17) is 18.9 Å². The fraction of sp³-hybridized carbons (Fsp3) is 0.900. The van der Waals surface area contributed by atoms with Crippen LogP contribution in [0.5, 0.6) is 0 Å². The van der Waals surface area contributed by atoms with Crippen LogP contribution in [0.2, 0.25) is 0 Å². The van der Waals surface area contributed by atoms with Crippen LogP contribution in [0.25, 0.3) is 0 Å². The second kappa shape index (κ2) is 6.48. The highest BCUT2D eigenvalue weighted by Crippen LogP contribution is 2.50. The molecule has 0 radical (unpaired) electrons. The Morgan fingerprint density at radius 1 is 1.00 bits per heavy atom. The smallest absolute Gasteiger partial charge is 0.309 e. The van der Waals surface area contributed by atoms with Gasteiger partial charge in [0.15, 0.2) is 0 Å². The lowest BCUT2D eigenvalue weighted by Crippen LogP contribution is -2.31. The van der Waals surface area contributed by atoms with Gasteiger partial charge in [-0.1, -0.05) is 0 Å². The third-order valence-corrected chi connectivity index (χ3v) is 6.80. The topological polar surface area (TPSA) is 77.7 Å². The lowest BCUT2D eigenvalue weighted by Gasteiger charge is -2.23. The summed E-state index contributed by atoms with van der Waals surface area (Å²) in [5, 5.41) is 0. The minimum absolute atomic E-state index is 0.0126. The van der Waals surface area contributed by atoms with Gasteiger partial charge in [0.05, 0.1) is 41.9 Å². The van der Waals surface area contributed by atoms with Crippen LogP contribution in [0.3, 0.4) is 0 Å². The first kappa shape index (κ1) is 18.2. The lowest BCUT2D eigenvalue weighted by molar-refractivity contribution is -0.156. The van der Waals surface area contributed by atoms with Crippen LogP contribution in [0.15, 0.2) is 0 Å². The van der Waals surface area contributed by atoms with E-state index < -0.39 is 0 Å². The monoisotopic (exact) mass is 366 g/mol. The molecule has 0 spiro atoms. The maximum atomic E-state index is 12.3. The summed E-state index contributed by atoms with van der Waals surface area (Å²) in [7, 11) is 0. The number of carbonyl (C=O) groups is 2. The van der Waals surface area contributed by atoms with Crippen LogP contribution in [0.1, 0.15) is 65.7 Å². The Kier molecular flexibility index (Phi) is 4.55. The molecule has 2 saturated heterocycles. The maximum absolute atomic E-state index is 12.3. The Labute approximate surface area is 154 Å². The molecular weight excluding hydrogens is 336 g/mol. The van der Waals surface area contributed by atoms with Crippen molar-refractivity contribution in [2.24, 2.45) is 11.8 Å². The van der Waals surface area contributed by atoms with Crippen LogP contribution in [0.4, 0.5) is 0 Å². The molecule has 4 aliphatic rings. The third-order valence-electron chi connectivity index (χ3n) is 6.80. The number of rotatable bonds is 6. The molecule has 0 bridgehead atoms. The molecular formula is C20H30O6. The maximum Gasteiger partial charge on any atom is 0.309 e. The molecule has 26 heavy (non-hydrogen) atoms. The van der Waals surface area contributed by atoms with Gasteiger partial charge in [-0.2, -0.15) is 0 Å². The fourth-order valence-electron chi connectivity index (χ4n) is 4.52. The number of hydrogen-bond acceptors (Lipinski definition) is 6.